The second-order valence-electron chi connectivity index (χ2n) is 6.93. The van der Waals surface area contributed by atoms with Gasteiger partial charge in [-0.2, -0.15) is 0 Å². The number of benzene rings is 1. The zero-order valence-corrected chi connectivity index (χ0v) is 14.7. The van der Waals surface area contributed by atoms with Crippen LogP contribution in [0.25, 0.3) is 0 Å². The van der Waals surface area contributed by atoms with Crippen LogP contribution in [0, 0.1) is 5.92 Å². The maximum atomic E-state index is 10.4. The SMILES string of the molecule is CN1CC[C@]23c4c5ccc(O)c4OC2[C@@H](O)C=C[C@H]3[C@H]1C5.I. The van der Waals surface area contributed by atoms with E-state index in [0.717, 1.165) is 19.4 Å². The van der Waals surface area contributed by atoms with Gasteiger partial charge in [0.1, 0.15) is 12.2 Å². The number of phenolic OH excluding ortho intramolecular Hbond substituents is 1. The van der Waals surface area contributed by atoms with E-state index in [2.05, 4.69) is 18.0 Å². The number of likely N-dealkylation sites (tertiary alicyclic amines) is 1. The molecule has 2 aliphatic heterocycles. The molecule has 0 saturated carbocycles. The first-order chi connectivity index (χ1) is 10.1. The first-order valence-corrected chi connectivity index (χ1v) is 7.71. The summed E-state index contributed by atoms with van der Waals surface area (Å²) in [6.07, 6.45) is 5.18. The average molecular weight is 413 g/mol. The van der Waals surface area contributed by atoms with Crippen molar-refractivity contribution in [2.24, 2.45) is 5.92 Å². The summed E-state index contributed by atoms with van der Waals surface area (Å²) in [7, 11) is 2.19. The largest absolute Gasteiger partial charge is 0.504 e. The lowest BCUT2D eigenvalue weighted by Gasteiger charge is -2.56. The molecule has 1 unspecified atom stereocenters. The van der Waals surface area contributed by atoms with Crippen LogP contribution in [0.1, 0.15) is 17.5 Å². The summed E-state index contributed by atoms with van der Waals surface area (Å²) in [6.45, 7) is 1.01. The van der Waals surface area contributed by atoms with Gasteiger partial charge in [0.2, 0.25) is 0 Å². The number of piperidine rings is 1. The fourth-order valence-electron chi connectivity index (χ4n) is 5.24. The van der Waals surface area contributed by atoms with Gasteiger partial charge >= 0.3 is 0 Å². The van der Waals surface area contributed by atoms with Gasteiger partial charge in [0.25, 0.3) is 0 Å². The number of rotatable bonds is 0. The highest BCUT2D eigenvalue weighted by molar-refractivity contribution is 14.0. The van der Waals surface area contributed by atoms with Gasteiger partial charge in [-0.05, 0) is 38.1 Å². The van der Waals surface area contributed by atoms with E-state index in [1.807, 2.05) is 12.1 Å². The Labute approximate surface area is 146 Å². The molecule has 4 nitrogen and oxygen atoms in total. The van der Waals surface area contributed by atoms with Crippen LogP contribution in [-0.4, -0.2) is 47.0 Å². The fourth-order valence-corrected chi connectivity index (χ4v) is 5.24. The van der Waals surface area contributed by atoms with Crippen molar-refractivity contribution >= 4 is 24.0 Å². The third kappa shape index (κ3) is 1.50. The zero-order valence-electron chi connectivity index (χ0n) is 12.4. The zero-order chi connectivity index (χ0) is 14.4. The summed E-state index contributed by atoms with van der Waals surface area (Å²) in [5, 5.41) is 20.6. The molecule has 1 spiro atoms. The number of hydrogen-bond acceptors (Lipinski definition) is 4. The van der Waals surface area contributed by atoms with Crippen molar-refractivity contribution in [3.63, 3.8) is 0 Å². The highest BCUT2D eigenvalue weighted by atomic mass is 127. The lowest BCUT2D eigenvalue weighted by Crippen LogP contribution is -2.64. The molecule has 2 heterocycles. The molecule has 0 aromatic heterocycles. The Morgan fingerprint density at radius 3 is 2.95 bits per heavy atom. The Morgan fingerprint density at radius 2 is 2.14 bits per heavy atom. The number of aromatic hydroxyl groups is 1. The third-order valence-electron chi connectivity index (χ3n) is 6.15. The molecule has 1 aromatic rings. The van der Waals surface area contributed by atoms with Crippen molar-refractivity contribution in [3.05, 3.63) is 35.4 Å². The minimum absolute atomic E-state index is 0. The highest BCUT2D eigenvalue weighted by Crippen LogP contribution is 2.62. The van der Waals surface area contributed by atoms with Gasteiger partial charge in [-0.15, -0.1) is 24.0 Å². The molecule has 0 amide bonds. The summed E-state index contributed by atoms with van der Waals surface area (Å²) in [6, 6.07) is 4.23. The van der Waals surface area contributed by atoms with Crippen LogP contribution in [-0.2, 0) is 11.8 Å². The quantitative estimate of drug-likeness (QED) is 0.504. The van der Waals surface area contributed by atoms with Crippen molar-refractivity contribution < 1.29 is 14.9 Å². The molecular formula is C17H20INO3. The molecular weight excluding hydrogens is 393 g/mol. The molecule has 2 N–H and O–H groups in total. The number of aliphatic hydroxyl groups is 1. The van der Waals surface area contributed by atoms with Crippen LogP contribution in [0.15, 0.2) is 24.3 Å². The lowest BCUT2D eigenvalue weighted by atomic mass is 9.53. The molecule has 5 rings (SSSR count). The van der Waals surface area contributed by atoms with Crippen molar-refractivity contribution in [2.45, 2.75) is 36.5 Å². The summed E-state index contributed by atoms with van der Waals surface area (Å²) in [5.74, 6) is 1.19. The maximum absolute atomic E-state index is 10.4. The standard InChI is InChI=1S/C17H19NO3.HI/c1-18-7-6-17-10-3-5-13(20)16(17)21-15-12(19)4-2-9(14(15)17)8-11(10)18;/h2-5,10-11,13,16,19-20H,6-8H2,1H3;1H/t10-,11+,13-,16?,17-;/m0./s1. The van der Waals surface area contributed by atoms with Crippen LogP contribution in [0.4, 0.5) is 0 Å². The van der Waals surface area contributed by atoms with Crippen LogP contribution >= 0.6 is 24.0 Å². The first-order valence-electron chi connectivity index (χ1n) is 7.71. The number of aliphatic hydroxyl groups excluding tert-OH is 1. The van der Waals surface area contributed by atoms with E-state index < -0.39 is 6.10 Å². The van der Waals surface area contributed by atoms with Gasteiger partial charge in [0.15, 0.2) is 11.5 Å². The maximum Gasteiger partial charge on any atom is 0.165 e. The molecule has 2 bridgehead atoms. The topological polar surface area (TPSA) is 52.9 Å². The van der Waals surface area contributed by atoms with E-state index in [0.29, 0.717) is 17.7 Å². The third-order valence-corrected chi connectivity index (χ3v) is 6.15. The Balaban J connectivity index is 0.00000125. The predicted octanol–water partition coefficient (Wildman–Crippen LogP) is 1.82. The molecule has 5 heteroatoms. The summed E-state index contributed by atoms with van der Waals surface area (Å²) in [4.78, 5) is 2.43. The molecule has 22 heavy (non-hydrogen) atoms. The monoisotopic (exact) mass is 413 g/mol. The first kappa shape index (κ1) is 14.8. The van der Waals surface area contributed by atoms with Gasteiger partial charge in [0.05, 0.1) is 0 Å². The van der Waals surface area contributed by atoms with E-state index in [9.17, 15) is 10.2 Å². The number of halogens is 1. The van der Waals surface area contributed by atoms with Crippen molar-refractivity contribution in [1.82, 2.24) is 4.90 Å². The number of nitrogens with zero attached hydrogens (tertiary/aromatic N) is 1. The van der Waals surface area contributed by atoms with E-state index in [1.165, 1.54) is 11.1 Å². The molecule has 0 radical (unpaired) electrons. The van der Waals surface area contributed by atoms with Gasteiger partial charge < -0.3 is 19.8 Å². The fraction of sp³-hybridized carbons (Fsp3) is 0.529. The number of hydrogen-bond donors (Lipinski definition) is 2. The summed E-state index contributed by atoms with van der Waals surface area (Å²) < 4.78 is 6.09. The number of likely N-dealkylation sites (N-methyl/N-ethyl adjacent to an activating group) is 1. The normalized spacial score (nSPS) is 40.6. The lowest BCUT2D eigenvalue weighted by molar-refractivity contribution is -0.0453. The van der Waals surface area contributed by atoms with Crippen molar-refractivity contribution in [3.8, 4) is 11.5 Å². The Bertz CT molecular complexity index is 676. The Morgan fingerprint density at radius 1 is 1.32 bits per heavy atom. The van der Waals surface area contributed by atoms with Crippen LogP contribution in [0.3, 0.4) is 0 Å². The molecule has 1 saturated heterocycles. The molecule has 1 aromatic carbocycles. The van der Waals surface area contributed by atoms with E-state index in [1.54, 1.807) is 6.07 Å². The number of ether oxygens (including phenoxy) is 1. The second-order valence-corrected chi connectivity index (χ2v) is 6.93. The summed E-state index contributed by atoms with van der Waals surface area (Å²) in [5.41, 5.74) is 2.29. The predicted molar refractivity (Wildman–Crippen MR) is 93.0 cm³/mol. The van der Waals surface area contributed by atoms with E-state index in [4.69, 9.17) is 4.74 Å². The minimum atomic E-state index is -0.594. The van der Waals surface area contributed by atoms with Crippen LogP contribution in [0.2, 0.25) is 0 Å². The van der Waals surface area contributed by atoms with Crippen LogP contribution < -0.4 is 4.74 Å². The highest BCUT2D eigenvalue weighted by Gasteiger charge is 2.64. The second kappa shape index (κ2) is 4.61. The van der Waals surface area contributed by atoms with Crippen LogP contribution in [0.5, 0.6) is 11.5 Å². The molecule has 1 fully saturated rings. The average Bonchev–Trinajstić information content (AvgIpc) is 2.83. The molecule has 2 aliphatic carbocycles. The molecule has 118 valence electrons. The van der Waals surface area contributed by atoms with Gasteiger partial charge in [-0.3, -0.25) is 0 Å². The number of phenols is 1. The minimum Gasteiger partial charge on any atom is -0.504 e. The van der Waals surface area contributed by atoms with Crippen molar-refractivity contribution in [2.75, 3.05) is 13.6 Å². The summed E-state index contributed by atoms with van der Waals surface area (Å²) >= 11 is 0. The van der Waals surface area contributed by atoms with E-state index >= 15 is 0 Å². The van der Waals surface area contributed by atoms with E-state index in [-0.39, 0.29) is 41.2 Å². The molecule has 4 aliphatic rings. The Kier molecular flexibility index (Phi) is 3.10. The molecule has 5 atom stereocenters. The van der Waals surface area contributed by atoms with Gasteiger partial charge in [-0.1, -0.05) is 18.2 Å². The van der Waals surface area contributed by atoms with Gasteiger partial charge in [0, 0.05) is 22.9 Å². The Hall–Kier alpha value is -0.790. The smallest absolute Gasteiger partial charge is 0.165 e. The van der Waals surface area contributed by atoms with Gasteiger partial charge in [-0.25, -0.2) is 0 Å². The van der Waals surface area contributed by atoms with Crippen molar-refractivity contribution in [1.29, 1.82) is 0 Å².